The highest BCUT2D eigenvalue weighted by Crippen LogP contribution is 2.15. The third-order valence-electron chi connectivity index (χ3n) is 4.60. The van der Waals surface area contributed by atoms with Crippen molar-refractivity contribution in [3.63, 3.8) is 0 Å². The van der Waals surface area contributed by atoms with E-state index < -0.39 is 0 Å². The average molecular weight is 379 g/mol. The summed E-state index contributed by atoms with van der Waals surface area (Å²) in [5.74, 6) is 0.262. The van der Waals surface area contributed by atoms with Gasteiger partial charge in [0.05, 0.1) is 11.7 Å². The number of amides is 2. The number of aromatic hydroxyl groups is 1. The molecule has 1 aromatic heterocycles. The summed E-state index contributed by atoms with van der Waals surface area (Å²) < 4.78 is 1.68. The van der Waals surface area contributed by atoms with Crippen molar-refractivity contribution in [2.75, 3.05) is 0 Å². The highest BCUT2D eigenvalue weighted by Gasteiger charge is 2.12. The SMILES string of the molecule is CC(CCc1ccc(O)cc1)NC(=O)NC(C)c1ccc(-n2cncn2)cc1. The van der Waals surface area contributed by atoms with Gasteiger partial charge in [0.1, 0.15) is 18.4 Å². The molecule has 0 radical (unpaired) electrons. The maximum absolute atomic E-state index is 12.3. The number of rotatable bonds is 7. The van der Waals surface area contributed by atoms with Crippen molar-refractivity contribution < 1.29 is 9.90 Å². The first-order valence-corrected chi connectivity index (χ1v) is 9.31. The molecule has 0 saturated carbocycles. The van der Waals surface area contributed by atoms with Crippen molar-refractivity contribution in [2.45, 2.75) is 38.8 Å². The second kappa shape index (κ2) is 9.03. The summed E-state index contributed by atoms with van der Waals surface area (Å²) >= 11 is 0. The highest BCUT2D eigenvalue weighted by molar-refractivity contribution is 5.74. The number of nitrogens with one attached hydrogen (secondary N) is 2. The van der Waals surface area contributed by atoms with Gasteiger partial charge in [-0.15, -0.1) is 0 Å². The standard InChI is InChI=1S/C21H25N5O2/c1-15(3-4-17-5-11-20(27)12-6-17)24-21(28)25-16(2)18-7-9-19(10-8-18)26-14-22-13-23-26/h5-16,27H,3-4H2,1-2H3,(H2,24,25,28). The van der Waals surface area contributed by atoms with Gasteiger partial charge in [-0.1, -0.05) is 24.3 Å². The van der Waals surface area contributed by atoms with Gasteiger partial charge in [0.25, 0.3) is 0 Å². The number of urea groups is 1. The fourth-order valence-corrected chi connectivity index (χ4v) is 2.92. The van der Waals surface area contributed by atoms with E-state index in [1.807, 2.05) is 50.2 Å². The lowest BCUT2D eigenvalue weighted by Crippen LogP contribution is -2.41. The summed E-state index contributed by atoms with van der Waals surface area (Å²) in [5, 5.41) is 19.4. The average Bonchev–Trinajstić information content (AvgIpc) is 3.22. The summed E-state index contributed by atoms with van der Waals surface area (Å²) in [7, 11) is 0. The molecule has 0 aliphatic carbocycles. The van der Waals surface area contributed by atoms with E-state index in [9.17, 15) is 9.90 Å². The van der Waals surface area contributed by atoms with Gasteiger partial charge < -0.3 is 15.7 Å². The third kappa shape index (κ3) is 5.33. The molecule has 2 aromatic carbocycles. The van der Waals surface area contributed by atoms with Crippen molar-refractivity contribution in [2.24, 2.45) is 0 Å². The van der Waals surface area contributed by atoms with E-state index >= 15 is 0 Å². The molecule has 1 heterocycles. The molecule has 2 amide bonds. The van der Waals surface area contributed by atoms with Crippen molar-refractivity contribution in [1.29, 1.82) is 0 Å². The molecule has 28 heavy (non-hydrogen) atoms. The zero-order chi connectivity index (χ0) is 19.9. The van der Waals surface area contributed by atoms with Gasteiger partial charge in [0.2, 0.25) is 0 Å². The summed E-state index contributed by atoms with van der Waals surface area (Å²) in [6.07, 6.45) is 4.79. The lowest BCUT2D eigenvalue weighted by Gasteiger charge is -2.19. The van der Waals surface area contributed by atoms with E-state index in [1.165, 1.54) is 6.33 Å². The summed E-state index contributed by atoms with van der Waals surface area (Å²) in [4.78, 5) is 16.2. The van der Waals surface area contributed by atoms with E-state index in [1.54, 1.807) is 23.1 Å². The number of benzene rings is 2. The zero-order valence-electron chi connectivity index (χ0n) is 16.0. The summed E-state index contributed by atoms with van der Waals surface area (Å²) in [6, 6.07) is 14.7. The first-order valence-electron chi connectivity index (χ1n) is 9.31. The van der Waals surface area contributed by atoms with Crippen molar-refractivity contribution in [3.8, 4) is 11.4 Å². The maximum Gasteiger partial charge on any atom is 0.315 e. The molecule has 2 atom stereocenters. The first-order chi connectivity index (χ1) is 13.5. The highest BCUT2D eigenvalue weighted by atomic mass is 16.3. The number of carbonyl (C=O) groups excluding carboxylic acids is 1. The lowest BCUT2D eigenvalue weighted by atomic mass is 10.1. The molecule has 3 N–H and O–H groups in total. The van der Waals surface area contributed by atoms with E-state index in [0.29, 0.717) is 0 Å². The Kier molecular flexibility index (Phi) is 6.26. The molecule has 146 valence electrons. The van der Waals surface area contributed by atoms with Crippen LogP contribution in [0.25, 0.3) is 5.69 Å². The molecule has 0 aliphatic heterocycles. The minimum atomic E-state index is -0.189. The van der Waals surface area contributed by atoms with E-state index in [0.717, 1.165) is 29.7 Å². The Labute approximate surface area is 164 Å². The fraction of sp³-hybridized carbons (Fsp3) is 0.286. The maximum atomic E-state index is 12.3. The smallest absolute Gasteiger partial charge is 0.315 e. The molecular formula is C21H25N5O2. The minimum absolute atomic E-state index is 0.0377. The van der Waals surface area contributed by atoms with Crippen LogP contribution in [-0.2, 0) is 6.42 Å². The van der Waals surface area contributed by atoms with Crippen LogP contribution in [0.5, 0.6) is 5.75 Å². The minimum Gasteiger partial charge on any atom is -0.508 e. The van der Waals surface area contributed by atoms with Crippen molar-refractivity contribution in [1.82, 2.24) is 25.4 Å². The second-order valence-corrected chi connectivity index (χ2v) is 6.88. The van der Waals surface area contributed by atoms with Crippen LogP contribution in [0.1, 0.15) is 37.4 Å². The van der Waals surface area contributed by atoms with E-state index in [-0.39, 0.29) is 23.9 Å². The van der Waals surface area contributed by atoms with Gasteiger partial charge in [-0.05, 0) is 62.1 Å². The Morgan fingerprint density at radius 3 is 2.43 bits per heavy atom. The van der Waals surface area contributed by atoms with Gasteiger partial charge in [0, 0.05) is 6.04 Å². The topological polar surface area (TPSA) is 92.1 Å². The second-order valence-electron chi connectivity index (χ2n) is 6.88. The Morgan fingerprint density at radius 1 is 1.07 bits per heavy atom. The molecule has 0 fully saturated rings. The number of aryl methyl sites for hydroxylation is 1. The van der Waals surface area contributed by atoms with Crippen LogP contribution in [0.3, 0.4) is 0 Å². The lowest BCUT2D eigenvalue weighted by molar-refractivity contribution is 0.234. The van der Waals surface area contributed by atoms with Crippen LogP contribution >= 0.6 is 0 Å². The van der Waals surface area contributed by atoms with Crippen LogP contribution in [0.4, 0.5) is 4.79 Å². The normalized spacial score (nSPS) is 12.9. The van der Waals surface area contributed by atoms with Gasteiger partial charge in [0.15, 0.2) is 0 Å². The molecular weight excluding hydrogens is 354 g/mol. The zero-order valence-corrected chi connectivity index (χ0v) is 16.0. The molecule has 0 spiro atoms. The molecule has 3 rings (SSSR count). The van der Waals surface area contributed by atoms with E-state index in [2.05, 4.69) is 20.7 Å². The molecule has 7 heteroatoms. The van der Waals surface area contributed by atoms with Gasteiger partial charge in [-0.25, -0.2) is 14.5 Å². The Bertz CT molecular complexity index is 876. The largest absolute Gasteiger partial charge is 0.508 e. The molecule has 3 aromatic rings. The van der Waals surface area contributed by atoms with Gasteiger partial charge in [-0.2, -0.15) is 5.10 Å². The monoisotopic (exact) mass is 379 g/mol. The predicted octanol–water partition coefficient (Wildman–Crippen LogP) is 3.35. The number of nitrogens with zero attached hydrogens (tertiary/aromatic N) is 3. The van der Waals surface area contributed by atoms with E-state index in [4.69, 9.17) is 0 Å². The van der Waals surface area contributed by atoms with Crippen molar-refractivity contribution in [3.05, 3.63) is 72.3 Å². The molecule has 0 saturated heterocycles. The first kappa shape index (κ1) is 19.4. The number of hydrogen-bond acceptors (Lipinski definition) is 4. The number of carbonyl (C=O) groups is 1. The fourth-order valence-electron chi connectivity index (χ4n) is 2.92. The van der Waals surface area contributed by atoms with Gasteiger partial charge in [-0.3, -0.25) is 0 Å². The number of phenolic OH excluding ortho intramolecular Hbond substituents is 1. The Balaban J connectivity index is 1.46. The van der Waals surface area contributed by atoms with Crippen LogP contribution in [-0.4, -0.2) is 31.9 Å². The third-order valence-corrected chi connectivity index (χ3v) is 4.60. The molecule has 0 aliphatic rings. The number of phenols is 1. The quantitative estimate of drug-likeness (QED) is 0.587. The van der Waals surface area contributed by atoms with Crippen molar-refractivity contribution >= 4 is 6.03 Å². The van der Waals surface area contributed by atoms with Crippen LogP contribution in [0.15, 0.2) is 61.2 Å². The van der Waals surface area contributed by atoms with Crippen LogP contribution < -0.4 is 10.6 Å². The van der Waals surface area contributed by atoms with Crippen LogP contribution in [0, 0.1) is 0 Å². The molecule has 2 unspecified atom stereocenters. The number of hydrogen-bond donors (Lipinski definition) is 3. The summed E-state index contributed by atoms with van der Waals surface area (Å²) in [6.45, 7) is 3.93. The summed E-state index contributed by atoms with van der Waals surface area (Å²) in [5.41, 5.74) is 3.06. The van der Waals surface area contributed by atoms with Gasteiger partial charge >= 0.3 is 6.03 Å². The molecule has 7 nitrogen and oxygen atoms in total. The Morgan fingerprint density at radius 2 is 1.79 bits per heavy atom. The molecule has 0 bridgehead atoms. The Hall–Kier alpha value is -3.35. The van der Waals surface area contributed by atoms with Crippen LogP contribution in [0.2, 0.25) is 0 Å². The number of aromatic nitrogens is 3. The predicted molar refractivity (Wildman–Crippen MR) is 107 cm³/mol.